The zero-order chi connectivity index (χ0) is 10.7. The average Bonchev–Trinajstić information content (AvgIpc) is 2.11. The average molecular weight is 236 g/mol. The van der Waals surface area contributed by atoms with Gasteiger partial charge in [-0.25, -0.2) is 9.18 Å². The van der Waals surface area contributed by atoms with Crippen molar-refractivity contribution in [3.8, 4) is 0 Å². The lowest BCUT2D eigenvalue weighted by Gasteiger charge is -2.06. The van der Waals surface area contributed by atoms with Gasteiger partial charge in [0.15, 0.2) is 0 Å². The van der Waals surface area contributed by atoms with Gasteiger partial charge in [-0.15, -0.1) is 0 Å². The van der Waals surface area contributed by atoms with E-state index in [1.165, 1.54) is 12.1 Å². The molecule has 0 amide bonds. The molecule has 3 N–H and O–H groups in total. The highest BCUT2D eigenvalue weighted by atomic mass is 35.5. The largest absolute Gasteiger partial charge is 0.478 e. The molecular weight excluding hydrogens is 229 g/mol. The first-order valence-corrected chi connectivity index (χ1v) is 4.85. The van der Waals surface area contributed by atoms with Crippen LogP contribution >= 0.6 is 23.4 Å². The van der Waals surface area contributed by atoms with Crippen LogP contribution in [0.3, 0.4) is 0 Å². The molecule has 0 fully saturated rings. The number of benzene rings is 1. The summed E-state index contributed by atoms with van der Waals surface area (Å²) in [6, 6.07) is 4.48. The number of hydrogen-bond donors (Lipinski definition) is 2. The molecule has 14 heavy (non-hydrogen) atoms. The lowest BCUT2D eigenvalue weighted by molar-refractivity contribution is -0.139. The van der Waals surface area contributed by atoms with Crippen molar-refractivity contribution < 1.29 is 14.3 Å². The summed E-state index contributed by atoms with van der Waals surface area (Å²) in [5, 5.41) is 8.72. The Morgan fingerprint density at radius 1 is 1.64 bits per heavy atom. The highest BCUT2D eigenvalue weighted by molar-refractivity contribution is 8.00. The normalized spacial score (nSPS) is 12.4. The monoisotopic (exact) mass is 235 g/mol. The summed E-state index contributed by atoms with van der Waals surface area (Å²) >= 11 is 6.16. The number of carboxylic acids is 1. The Balaban J connectivity index is 2.85. The van der Waals surface area contributed by atoms with E-state index in [2.05, 4.69) is 0 Å². The third kappa shape index (κ3) is 2.78. The standard InChI is InChI=1S/C8H7ClFNO2S/c9-4-1-2-5(11)6(3-4)14-7(10)8(12)13/h1-3,7H,11H2,(H,12,13). The van der Waals surface area contributed by atoms with Crippen LogP contribution in [0.4, 0.5) is 10.1 Å². The van der Waals surface area contributed by atoms with Gasteiger partial charge in [-0.1, -0.05) is 23.4 Å². The number of rotatable bonds is 3. The molecule has 0 spiro atoms. The summed E-state index contributed by atoms with van der Waals surface area (Å²) in [5.74, 6) is -1.53. The zero-order valence-electron chi connectivity index (χ0n) is 6.91. The molecule has 0 aliphatic carbocycles. The van der Waals surface area contributed by atoms with Crippen molar-refractivity contribution in [2.24, 2.45) is 0 Å². The van der Waals surface area contributed by atoms with Crippen LogP contribution < -0.4 is 5.73 Å². The molecule has 3 nitrogen and oxygen atoms in total. The van der Waals surface area contributed by atoms with Crippen molar-refractivity contribution in [2.45, 2.75) is 10.4 Å². The Labute approximate surface area is 89.0 Å². The topological polar surface area (TPSA) is 63.3 Å². The predicted molar refractivity (Wildman–Crippen MR) is 54.3 cm³/mol. The van der Waals surface area contributed by atoms with Crippen LogP contribution in [0.25, 0.3) is 0 Å². The van der Waals surface area contributed by atoms with Crippen molar-refractivity contribution in [1.29, 1.82) is 0 Å². The number of hydrogen-bond acceptors (Lipinski definition) is 3. The minimum Gasteiger partial charge on any atom is -0.478 e. The van der Waals surface area contributed by atoms with E-state index < -0.39 is 11.5 Å². The molecule has 1 atom stereocenters. The van der Waals surface area contributed by atoms with E-state index in [0.717, 1.165) is 0 Å². The van der Waals surface area contributed by atoms with Gasteiger partial charge in [-0.2, -0.15) is 0 Å². The molecule has 76 valence electrons. The molecule has 1 aromatic rings. The third-order valence-corrected chi connectivity index (χ3v) is 2.65. The lowest BCUT2D eigenvalue weighted by atomic mass is 10.3. The first kappa shape index (κ1) is 11.1. The fourth-order valence-electron chi connectivity index (χ4n) is 0.772. The summed E-state index contributed by atoms with van der Waals surface area (Å²) in [5.41, 5.74) is 3.78. The molecule has 0 heterocycles. The van der Waals surface area contributed by atoms with Gasteiger partial charge in [0.05, 0.1) is 0 Å². The summed E-state index contributed by atoms with van der Waals surface area (Å²) in [7, 11) is 0. The predicted octanol–water partition coefficient (Wildman–Crippen LogP) is 2.39. The second-order valence-electron chi connectivity index (χ2n) is 2.45. The van der Waals surface area contributed by atoms with E-state index in [1.54, 1.807) is 6.07 Å². The van der Waals surface area contributed by atoms with Gasteiger partial charge in [0.25, 0.3) is 0 Å². The van der Waals surface area contributed by atoms with Crippen molar-refractivity contribution >= 4 is 35.0 Å². The number of halogens is 2. The number of carbonyl (C=O) groups is 1. The number of alkyl halides is 1. The van der Waals surface area contributed by atoms with E-state index in [0.29, 0.717) is 27.4 Å². The van der Waals surface area contributed by atoms with Crippen LogP contribution in [0.2, 0.25) is 5.02 Å². The fraction of sp³-hybridized carbons (Fsp3) is 0.125. The molecule has 0 bridgehead atoms. The van der Waals surface area contributed by atoms with Crippen molar-refractivity contribution in [3.63, 3.8) is 0 Å². The van der Waals surface area contributed by atoms with Crippen LogP contribution in [0.15, 0.2) is 23.1 Å². The number of thioether (sulfide) groups is 1. The molecule has 0 saturated heterocycles. The summed E-state index contributed by atoms with van der Waals surface area (Å²) in [6.45, 7) is 0. The Morgan fingerprint density at radius 2 is 2.29 bits per heavy atom. The maximum atomic E-state index is 12.8. The lowest BCUT2D eigenvalue weighted by Crippen LogP contribution is -2.09. The summed E-state index contributed by atoms with van der Waals surface area (Å²) in [6.07, 6.45) is 0. The van der Waals surface area contributed by atoms with Crippen molar-refractivity contribution in [2.75, 3.05) is 5.73 Å². The third-order valence-electron chi connectivity index (χ3n) is 1.40. The number of aliphatic carboxylic acids is 1. The van der Waals surface area contributed by atoms with Gasteiger partial charge in [-0.3, -0.25) is 0 Å². The van der Waals surface area contributed by atoms with Gasteiger partial charge in [-0.05, 0) is 18.2 Å². The number of anilines is 1. The molecule has 0 saturated carbocycles. The van der Waals surface area contributed by atoms with Crippen LogP contribution in [0, 0.1) is 0 Å². The van der Waals surface area contributed by atoms with Gasteiger partial charge in [0, 0.05) is 15.6 Å². The SMILES string of the molecule is Nc1ccc(Cl)cc1SC(F)C(=O)O. The van der Waals surface area contributed by atoms with Crippen molar-refractivity contribution in [1.82, 2.24) is 0 Å². The molecule has 0 radical (unpaired) electrons. The van der Waals surface area contributed by atoms with E-state index in [-0.39, 0.29) is 0 Å². The Bertz CT molecular complexity index is 361. The highest BCUT2D eigenvalue weighted by Gasteiger charge is 2.18. The Hall–Kier alpha value is -0.940. The van der Waals surface area contributed by atoms with E-state index in [1.807, 2.05) is 0 Å². The van der Waals surface area contributed by atoms with Crippen LogP contribution in [-0.2, 0) is 4.79 Å². The second-order valence-corrected chi connectivity index (χ2v) is 3.98. The molecule has 0 aliphatic heterocycles. The molecule has 0 aromatic heterocycles. The Morgan fingerprint density at radius 3 is 2.86 bits per heavy atom. The molecule has 1 aromatic carbocycles. The maximum Gasteiger partial charge on any atom is 0.349 e. The number of nitrogens with two attached hydrogens (primary N) is 1. The molecule has 0 aliphatic rings. The minimum atomic E-state index is -2.03. The molecule has 6 heteroatoms. The fourth-order valence-corrected chi connectivity index (χ4v) is 1.73. The molecule has 1 unspecified atom stereocenters. The Kier molecular flexibility index (Phi) is 3.60. The van der Waals surface area contributed by atoms with E-state index in [4.69, 9.17) is 22.4 Å². The minimum absolute atomic E-state index is 0.309. The summed E-state index contributed by atoms with van der Waals surface area (Å²) < 4.78 is 12.8. The molecular formula is C8H7ClFNO2S. The highest BCUT2D eigenvalue weighted by Crippen LogP contribution is 2.31. The van der Waals surface area contributed by atoms with Crippen LogP contribution in [0.1, 0.15) is 0 Å². The van der Waals surface area contributed by atoms with Gasteiger partial charge < -0.3 is 10.8 Å². The van der Waals surface area contributed by atoms with E-state index >= 15 is 0 Å². The second kappa shape index (κ2) is 4.52. The first-order chi connectivity index (χ1) is 6.50. The first-order valence-electron chi connectivity index (χ1n) is 3.59. The molecule has 1 rings (SSSR count). The quantitative estimate of drug-likeness (QED) is 0.624. The van der Waals surface area contributed by atoms with Crippen LogP contribution in [-0.4, -0.2) is 16.6 Å². The van der Waals surface area contributed by atoms with Gasteiger partial charge >= 0.3 is 5.97 Å². The number of nitrogen functional groups attached to an aromatic ring is 1. The maximum absolute atomic E-state index is 12.8. The van der Waals surface area contributed by atoms with Gasteiger partial charge in [0.2, 0.25) is 5.50 Å². The number of carboxylic acid groups (broad SMARTS) is 1. The van der Waals surface area contributed by atoms with Crippen molar-refractivity contribution in [3.05, 3.63) is 23.2 Å². The van der Waals surface area contributed by atoms with Gasteiger partial charge in [0.1, 0.15) is 0 Å². The van der Waals surface area contributed by atoms with Crippen LogP contribution in [0.5, 0.6) is 0 Å². The smallest absolute Gasteiger partial charge is 0.349 e. The summed E-state index contributed by atoms with van der Waals surface area (Å²) in [4.78, 5) is 10.6. The zero-order valence-corrected chi connectivity index (χ0v) is 8.48. The van der Waals surface area contributed by atoms with E-state index in [9.17, 15) is 9.18 Å².